The van der Waals surface area contributed by atoms with E-state index in [-0.39, 0.29) is 17.5 Å². The number of carbonyl (C=O) groups is 1. The fourth-order valence-corrected chi connectivity index (χ4v) is 5.89. The van der Waals surface area contributed by atoms with Crippen molar-refractivity contribution in [3.05, 3.63) is 57.3 Å². The molecule has 1 aromatic carbocycles. The number of hydrogen-bond donors (Lipinski definition) is 1. The number of nitrogens with zero attached hydrogens (tertiary/aromatic N) is 1. The number of likely N-dealkylation sites (tertiary alicyclic amines) is 1. The van der Waals surface area contributed by atoms with Gasteiger partial charge in [-0.15, -0.1) is 0 Å². The van der Waals surface area contributed by atoms with Crippen LogP contribution in [0.4, 0.5) is 26.3 Å². The molecule has 11 heteroatoms. The highest BCUT2D eigenvalue weighted by Gasteiger charge is 2.42. The summed E-state index contributed by atoms with van der Waals surface area (Å²) < 4.78 is 84.9. The monoisotopic (exact) mass is 548 g/mol. The predicted molar refractivity (Wildman–Crippen MR) is 128 cm³/mol. The zero-order chi connectivity index (χ0) is 26.7. The Morgan fingerprint density at radius 1 is 1.00 bits per heavy atom. The van der Waals surface area contributed by atoms with Gasteiger partial charge in [-0.2, -0.15) is 37.7 Å². The summed E-state index contributed by atoms with van der Waals surface area (Å²) in [5.74, 6) is 0.214. The first-order chi connectivity index (χ1) is 17.4. The van der Waals surface area contributed by atoms with E-state index in [2.05, 4.69) is 10.2 Å². The van der Waals surface area contributed by atoms with Crippen molar-refractivity contribution in [3.63, 3.8) is 0 Å². The van der Waals surface area contributed by atoms with Crippen LogP contribution < -0.4 is 5.32 Å². The lowest BCUT2D eigenvalue weighted by Gasteiger charge is -2.42. The molecule has 0 saturated carbocycles. The maximum Gasteiger partial charge on any atom is 0.416 e. The van der Waals surface area contributed by atoms with Crippen LogP contribution in [0.25, 0.3) is 0 Å². The fraction of sp³-hybridized carbons (Fsp3) is 0.577. The van der Waals surface area contributed by atoms with Crippen LogP contribution in [-0.2, 0) is 34.8 Å². The summed E-state index contributed by atoms with van der Waals surface area (Å²) in [6, 6.07) is 3.36. The van der Waals surface area contributed by atoms with Gasteiger partial charge in [0.1, 0.15) is 0 Å². The van der Waals surface area contributed by atoms with Crippen LogP contribution in [0.5, 0.6) is 0 Å². The van der Waals surface area contributed by atoms with E-state index < -0.39 is 35.4 Å². The van der Waals surface area contributed by atoms with Gasteiger partial charge >= 0.3 is 12.4 Å². The zero-order valence-electron chi connectivity index (χ0n) is 20.3. The number of carbonyl (C=O) groups excluding carboxylic acids is 1. The number of nitrogens with one attached hydrogen (secondary N) is 1. The summed E-state index contributed by atoms with van der Waals surface area (Å²) in [6.07, 6.45) is -6.25. The van der Waals surface area contributed by atoms with E-state index in [4.69, 9.17) is 4.74 Å². The largest absolute Gasteiger partial charge is 0.416 e. The number of ether oxygens (including phenoxy) is 1. The maximum atomic E-state index is 13.5. The number of thiophene rings is 1. The van der Waals surface area contributed by atoms with Crippen LogP contribution in [-0.4, -0.2) is 43.7 Å². The highest BCUT2D eigenvalue weighted by atomic mass is 32.1. The molecule has 0 bridgehead atoms. The highest BCUT2D eigenvalue weighted by molar-refractivity contribution is 7.07. The third-order valence-electron chi connectivity index (χ3n) is 7.38. The van der Waals surface area contributed by atoms with E-state index >= 15 is 0 Å². The molecule has 37 heavy (non-hydrogen) atoms. The Hall–Kier alpha value is -2.11. The van der Waals surface area contributed by atoms with Gasteiger partial charge in [0.2, 0.25) is 5.91 Å². The van der Waals surface area contributed by atoms with Gasteiger partial charge in [0, 0.05) is 26.3 Å². The van der Waals surface area contributed by atoms with Gasteiger partial charge in [0.15, 0.2) is 0 Å². The van der Waals surface area contributed by atoms with E-state index in [9.17, 15) is 31.1 Å². The first-order valence-corrected chi connectivity index (χ1v) is 13.3. The molecule has 0 aliphatic carbocycles. The van der Waals surface area contributed by atoms with E-state index in [1.54, 1.807) is 0 Å². The van der Waals surface area contributed by atoms with Crippen molar-refractivity contribution in [1.29, 1.82) is 0 Å². The Bertz CT molecular complexity index is 1010. The third kappa shape index (κ3) is 7.26. The Labute approximate surface area is 216 Å². The molecule has 0 spiro atoms. The number of piperidine rings is 1. The molecule has 2 aliphatic heterocycles. The molecule has 1 amide bonds. The van der Waals surface area contributed by atoms with E-state index in [1.165, 1.54) is 11.3 Å². The molecule has 2 fully saturated rings. The summed E-state index contributed by atoms with van der Waals surface area (Å²) in [7, 11) is 0. The normalized spacial score (nSPS) is 19.6. The number of halogens is 6. The minimum atomic E-state index is -4.93. The van der Waals surface area contributed by atoms with Gasteiger partial charge in [0.25, 0.3) is 0 Å². The first-order valence-electron chi connectivity index (χ1n) is 12.3. The average Bonchev–Trinajstić information content (AvgIpc) is 3.36. The predicted octanol–water partition coefficient (Wildman–Crippen LogP) is 6.15. The van der Waals surface area contributed by atoms with Crippen LogP contribution >= 0.6 is 11.3 Å². The Morgan fingerprint density at radius 3 is 2.16 bits per heavy atom. The summed E-state index contributed by atoms with van der Waals surface area (Å²) >= 11 is 1.51. The molecule has 0 atom stereocenters. The SMILES string of the molecule is O=C(NCc1cc(C(F)(F)F)cc(C(F)(F)F)c1)C1(Cc2ccsc2)CCN(CC2CCOCC2)CC1. The van der Waals surface area contributed by atoms with Crippen LogP contribution in [0.15, 0.2) is 35.0 Å². The molecule has 2 aromatic rings. The molecule has 0 unspecified atom stereocenters. The van der Waals surface area contributed by atoms with Crippen molar-refractivity contribution >= 4 is 17.2 Å². The van der Waals surface area contributed by atoms with Crippen molar-refractivity contribution < 1.29 is 35.9 Å². The number of hydrogen-bond acceptors (Lipinski definition) is 4. The number of rotatable bonds is 7. The van der Waals surface area contributed by atoms with Gasteiger partial charge in [0.05, 0.1) is 16.5 Å². The van der Waals surface area contributed by atoms with Gasteiger partial charge in [-0.25, -0.2) is 0 Å². The molecular weight excluding hydrogens is 518 g/mol. The highest BCUT2D eigenvalue weighted by Crippen LogP contribution is 2.38. The van der Waals surface area contributed by atoms with Crippen molar-refractivity contribution in [2.75, 3.05) is 32.8 Å². The zero-order valence-corrected chi connectivity index (χ0v) is 21.1. The van der Waals surface area contributed by atoms with Crippen molar-refractivity contribution in [1.82, 2.24) is 10.2 Å². The smallest absolute Gasteiger partial charge is 0.381 e. The van der Waals surface area contributed by atoms with Crippen LogP contribution in [0.3, 0.4) is 0 Å². The quantitative estimate of drug-likeness (QED) is 0.422. The second-order valence-corrected chi connectivity index (χ2v) is 10.8. The molecule has 1 aromatic heterocycles. The lowest BCUT2D eigenvalue weighted by atomic mass is 9.73. The standard InChI is InChI=1S/C26H30F6N2O2S/c27-25(28,29)21-11-20(12-22(13-21)26(30,31)32)15-33-23(35)24(14-19-3-10-37-17-19)4-6-34(7-5-24)16-18-1-8-36-9-2-18/h3,10-13,17-18H,1-2,4-9,14-16H2,(H,33,35). The van der Waals surface area contributed by atoms with Crippen molar-refractivity contribution in [2.24, 2.45) is 11.3 Å². The second kappa shape index (κ2) is 11.3. The number of benzene rings is 1. The first kappa shape index (κ1) is 27.9. The minimum Gasteiger partial charge on any atom is -0.381 e. The minimum absolute atomic E-state index is 0.0948. The Morgan fingerprint density at radius 2 is 1.62 bits per heavy atom. The Kier molecular flexibility index (Phi) is 8.55. The molecule has 1 N–H and O–H groups in total. The van der Waals surface area contributed by atoms with Crippen LogP contribution in [0, 0.1) is 11.3 Å². The molecule has 3 heterocycles. The molecule has 4 nitrogen and oxygen atoms in total. The van der Waals surface area contributed by atoms with Gasteiger partial charge in [-0.3, -0.25) is 4.79 Å². The summed E-state index contributed by atoms with van der Waals surface area (Å²) in [4.78, 5) is 15.8. The topological polar surface area (TPSA) is 41.6 Å². The maximum absolute atomic E-state index is 13.5. The van der Waals surface area contributed by atoms with E-state index in [0.717, 1.165) is 38.2 Å². The number of alkyl halides is 6. The van der Waals surface area contributed by atoms with Crippen LogP contribution in [0.1, 0.15) is 47.9 Å². The van der Waals surface area contributed by atoms with Gasteiger partial charge < -0.3 is 15.0 Å². The Balaban J connectivity index is 1.47. The molecule has 204 valence electrons. The van der Waals surface area contributed by atoms with E-state index in [1.807, 2.05) is 16.8 Å². The fourth-order valence-electron chi connectivity index (χ4n) is 5.22. The second-order valence-electron chi connectivity index (χ2n) is 10.0. The summed E-state index contributed by atoms with van der Waals surface area (Å²) in [5, 5.41) is 6.55. The van der Waals surface area contributed by atoms with Gasteiger partial charge in [-0.05, 0) is 97.3 Å². The molecular formula is C26H30F6N2O2S. The van der Waals surface area contributed by atoms with Gasteiger partial charge in [-0.1, -0.05) is 0 Å². The van der Waals surface area contributed by atoms with Crippen molar-refractivity contribution in [3.8, 4) is 0 Å². The molecule has 0 radical (unpaired) electrons. The average molecular weight is 549 g/mol. The summed E-state index contributed by atoms with van der Waals surface area (Å²) in [6.45, 7) is 3.45. The lowest BCUT2D eigenvalue weighted by molar-refractivity contribution is -0.143. The molecule has 2 saturated heterocycles. The van der Waals surface area contributed by atoms with E-state index in [0.29, 0.717) is 50.4 Å². The third-order valence-corrected chi connectivity index (χ3v) is 8.11. The number of amides is 1. The molecule has 4 rings (SSSR count). The molecule has 2 aliphatic rings. The summed E-state index contributed by atoms with van der Waals surface area (Å²) in [5.41, 5.74) is -2.79. The van der Waals surface area contributed by atoms with Crippen LogP contribution in [0.2, 0.25) is 0 Å². The van der Waals surface area contributed by atoms with Crippen molar-refractivity contribution in [2.45, 2.75) is 51.0 Å². The lowest BCUT2D eigenvalue weighted by Crippen LogP contribution is -2.50.